The van der Waals surface area contributed by atoms with Crippen molar-refractivity contribution < 1.29 is 9.31 Å². The van der Waals surface area contributed by atoms with Crippen LogP contribution in [0.3, 0.4) is 0 Å². The number of halogens is 2. The molecule has 20 heavy (non-hydrogen) atoms. The highest BCUT2D eigenvalue weighted by atomic mass is 35.5. The van der Waals surface area contributed by atoms with Gasteiger partial charge >= 0.3 is 0 Å². The van der Waals surface area contributed by atoms with Crippen LogP contribution in [0.4, 0.5) is 15.8 Å². The first kappa shape index (κ1) is 16.7. The smallest absolute Gasteiger partial charge is 0.294 e. The first-order chi connectivity index (χ1) is 9.49. The van der Waals surface area contributed by atoms with Crippen molar-refractivity contribution in [3.8, 4) is 0 Å². The van der Waals surface area contributed by atoms with Gasteiger partial charge in [0.2, 0.25) is 0 Å². The molecular formula is C13H19ClFN3O2. The average Bonchev–Trinajstić information content (AvgIpc) is 2.41. The number of nitro groups is 1. The second kappa shape index (κ2) is 8.01. The van der Waals surface area contributed by atoms with E-state index in [2.05, 4.69) is 24.1 Å². The molecule has 0 aliphatic rings. The SMILES string of the molecule is CCCN(CC)CCNc1cc(F)c(Cl)cc1[N+](=O)[O-]. The molecule has 0 saturated heterocycles. The molecule has 112 valence electrons. The van der Waals surface area contributed by atoms with E-state index in [0.29, 0.717) is 6.54 Å². The lowest BCUT2D eigenvalue weighted by Gasteiger charge is -2.19. The van der Waals surface area contributed by atoms with Gasteiger partial charge in [0, 0.05) is 25.2 Å². The summed E-state index contributed by atoms with van der Waals surface area (Å²) in [5.74, 6) is -0.666. The molecule has 7 heteroatoms. The van der Waals surface area contributed by atoms with Gasteiger partial charge in [0.25, 0.3) is 5.69 Å². The minimum atomic E-state index is -0.666. The predicted molar refractivity (Wildman–Crippen MR) is 79.0 cm³/mol. The molecule has 0 atom stereocenters. The van der Waals surface area contributed by atoms with Crippen LogP contribution < -0.4 is 5.32 Å². The van der Waals surface area contributed by atoms with Crippen molar-refractivity contribution in [2.45, 2.75) is 20.3 Å². The Hall–Kier alpha value is -1.40. The van der Waals surface area contributed by atoms with Gasteiger partial charge in [-0.15, -0.1) is 0 Å². The molecule has 0 aromatic heterocycles. The predicted octanol–water partition coefficient (Wildman–Crippen LogP) is 3.53. The maximum atomic E-state index is 13.4. The zero-order valence-electron chi connectivity index (χ0n) is 11.7. The summed E-state index contributed by atoms with van der Waals surface area (Å²) in [6.45, 7) is 7.28. The van der Waals surface area contributed by atoms with Gasteiger partial charge in [-0.2, -0.15) is 0 Å². The van der Waals surface area contributed by atoms with Gasteiger partial charge < -0.3 is 10.2 Å². The van der Waals surface area contributed by atoms with Gasteiger partial charge in [0.15, 0.2) is 0 Å². The number of hydrogen-bond donors (Lipinski definition) is 1. The molecule has 0 spiro atoms. The third-order valence-electron chi connectivity index (χ3n) is 2.97. The molecule has 0 unspecified atom stereocenters. The van der Waals surface area contributed by atoms with E-state index in [4.69, 9.17) is 11.6 Å². The second-order valence-electron chi connectivity index (χ2n) is 4.40. The Morgan fingerprint density at radius 1 is 1.40 bits per heavy atom. The zero-order valence-corrected chi connectivity index (χ0v) is 12.4. The molecule has 1 aromatic carbocycles. The van der Waals surface area contributed by atoms with Crippen LogP contribution in [0.25, 0.3) is 0 Å². The van der Waals surface area contributed by atoms with Crippen LogP contribution in [0, 0.1) is 15.9 Å². The van der Waals surface area contributed by atoms with E-state index in [1.807, 2.05) is 0 Å². The van der Waals surface area contributed by atoms with Crippen molar-refractivity contribution in [1.82, 2.24) is 4.90 Å². The Morgan fingerprint density at radius 3 is 2.65 bits per heavy atom. The van der Waals surface area contributed by atoms with Crippen molar-refractivity contribution in [3.63, 3.8) is 0 Å². The van der Waals surface area contributed by atoms with E-state index in [1.54, 1.807) is 0 Å². The van der Waals surface area contributed by atoms with E-state index in [-0.39, 0.29) is 16.4 Å². The Morgan fingerprint density at radius 2 is 2.10 bits per heavy atom. The molecule has 0 saturated carbocycles. The number of nitrogens with one attached hydrogen (secondary N) is 1. The van der Waals surface area contributed by atoms with Crippen molar-refractivity contribution >= 4 is 23.0 Å². The largest absolute Gasteiger partial charge is 0.378 e. The summed E-state index contributed by atoms with van der Waals surface area (Å²) >= 11 is 5.56. The molecule has 0 aliphatic heterocycles. The number of likely N-dealkylation sites (N-methyl/N-ethyl adjacent to an activating group) is 1. The maximum Gasteiger partial charge on any atom is 0.294 e. The molecule has 0 amide bonds. The fraction of sp³-hybridized carbons (Fsp3) is 0.538. The molecule has 1 aromatic rings. The van der Waals surface area contributed by atoms with Crippen LogP contribution in [0.2, 0.25) is 5.02 Å². The Kier molecular flexibility index (Phi) is 6.67. The summed E-state index contributed by atoms with van der Waals surface area (Å²) in [5.41, 5.74) is -0.0561. The van der Waals surface area contributed by atoms with Gasteiger partial charge in [-0.3, -0.25) is 10.1 Å². The van der Waals surface area contributed by atoms with Crippen molar-refractivity contribution in [2.75, 3.05) is 31.5 Å². The molecule has 0 radical (unpaired) electrons. The lowest BCUT2D eigenvalue weighted by Crippen LogP contribution is -2.29. The number of nitrogens with zero attached hydrogens (tertiary/aromatic N) is 2. The quantitative estimate of drug-likeness (QED) is 0.589. The van der Waals surface area contributed by atoms with Crippen LogP contribution in [0.15, 0.2) is 12.1 Å². The van der Waals surface area contributed by atoms with Crippen molar-refractivity contribution in [1.29, 1.82) is 0 Å². The van der Waals surface area contributed by atoms with E-state index in [1.165, 1.54) is 0 Å². The number of hydrogen-bond acceptors (Lipinski definition) is 4. The minimum absolute atomic E-state index is 0.157. The summed E-state index contributed by atoms with van der Waals surface area (Å²) in [6.07, 6.45) is 1.05. The van der Waals surface area contributed by atoms with Crippen molar-refractivity contribution in [2.24, 2.45) is 0 Å². The molecule has 0 bridgehead atoms. The molecule has 1 N–H and O–H groups in total. The third-order valence-corrected chi connectivity index (χ3v) is 3.26. The Balaban J connectivity index is 2.72. The van der Waals surface area contributed by atoms with Gasteiger partial charge in [-0.05, 0) is 19.5 Å². The standard InChI is InChI=1S/C13H19ClFN3O2/c1-3-6-17(4-2)7-5-16-12-9-11(15)10(14)8-13(12)18(19)20/h8-9,16H,3-7H2,1-2H3. The molecule has 1 rings (SSSR count). The second-order valence-corrected chi connectivity index (χ2v) is 4.81. The fourth-order valence-corrected chi connectivity index (χ4v) is 2.08. The topological polar surface area (TPSA) is 58.4 Å². The highest BCUT2D eigenvalue weighted by Crippen LogP contribution is 2.30. The zero-order chi connectivity index (χ0) is 15.1. The third kappa shape index (κ3) is 4.61. The summed E-state index contributed by atoms with van der Waals surface area (Å²) in [4.78, 5) is 12.6. The normalized spacial score (nSPS) is 10.8. The number of rotatable bonds is 8. The van der Waals surface area contributed by atoms with Crippen molar-refractivity contribution in [3.05, 3.63) is 33.1 Å². The molecule has 5 nitrogen and oxygen atoms in total. The summed E-state index contributed by atoms with van der Waals surface area (Å²) in [5, 5.41) is 13.6. The molecule has 0 heterocycles. The van der Waals surface area contributed by atoms with Crippen LogP contribution in [-0.2, 0) is 0 Å². The lowest BCUT2D eigenvalue weighted by molar-refractivity contribution is -0.384. The number of benzene rings is 1. The maximum absolute atomic E-state index is 13.4. The van der Waals surface area contributed by atoms with E-state index in [9.17, 15) is 14.5 Å². The van der Waals surface area contributed by atoms with E-state index >= 15 is 0 Å². The average molecular weight is 304 g/mol. The van der Waals surface area contributed by atoms with Gasteiger partial charge in [0.1, 0.15) is 11.5 Å². The first-order valence-corrected chi connectivity index (χ1v) is 6.97. The van der Waals surface area contributed by atoms with Crippen LogP contribution >= 0.6 is 11.6 Å². The Labute approximate surface area is 122 Å². The number of nitro benzene ring substituents is 1. The first-order valence-electron chi connectivity index (χ1n) is 6.59. The van der Waals surface area contributed by atoms with E-state index < -0.39 is 10.7 Å². The van der Waals surface area contributed by atoms with Gasteiger partial charge in [0.05, 0.1) is 9.95 Å². The summed E-state index contributed by atoms with van der Waals surface area (Å²) in [7, 11) is 0. The van der Waals surface area contributed by atoms with Crippen LogP contribution in [0.1, 0.15) is 20.3 Å². The summed E-state index contributed by atoms with van der Waals surface area (Å²) in [6, 6.07) is 2.10. The fourth-order valence-electron chi connectivity index (χ4n) is 1.92. The summed E-state index contributed by atoms with van der Waals surface area (Å²) < 4.78 is 13.4. The van der Waals surface area contributed by atoms with Gasteiger partial charge in [-0.25, -0.2) is 4.39 Å². The Bertz CT molecular complexity index is 471. The minimum Gasteiger partial charge on any atom is -0.378 e. The molecule has 0 fully saturated rings. The van der Waals surface area contributed by atoms with E-state index in [0.717, 1.165) is 38.2 Å². The van der Waals surface area contributed by atoms with Crippen LogP contribution in [-0.4, -0.2) is 36.0 Å². The monoisotopic (exact) mass is 303 g/mol. The molecule has 0 aliphatic carbocycles. The van der Waals surface area contributed by atoms with Gasteiger partial charge in [-0.1, -0.05) is 25.4 Å². The highest BCUT2D eigenvalue weighted by Gasteiger charge is 2.17. The van der Waals surface area contributed by atoms with Crippen LogP contribution in [0.5, 0.6) is 0 Å². The lowest BCUT2D eigenvalue weighted by atomic mass is 10.2. The molecular weight excluding hydrogens is 285 g/mol. The number of anilines is 1. The highest BCUT2D eigenvalue weighted by molar-refractivity contribution is 6.31.